The summed E-state index contributed by atoms with van der Waals surface area (Å²) >= 11 is 0. The van der Waals surface area contributed by atoms with E-state index in [-0.39, 0.29) is 11.9 Å². The average Bonchev–Trinajstić information content (AvgIpc) is 2.56. The van der Waals surface area contributed by atoms with Crippen molar-refractivity contribution < 1.29 is 14.6 Å². The number of carbonyl (C=O) groups excluding carboxylic acids is 1. The molecule has 0 aliphatic carbocycles. The van der Waals surface area contributed by atoms with Crippen molar-refractivity contribution in [1.29, 1.82) is 0 Å². The number of piperidine rings is 1. The van der Waals surface area contributed by atoms with Crippen LogP contribution in [0.15, 0.2) is 18.2 Å². The molecule has 1 saturated heterocycles. The molecule has 22 heavy (non-hydrogen) atoms. The van der Waals surface area contributed by atoms with Crippen LogP contribution in [0.5, 0.6) is 5.75 Å². The minimum Gasteiger partial charge on any atom is -0.479 e. The SMILES string of the molecule is CCN1C(=O)C(C)Oc2ccc(C(O)C3CCCCN3)cc21. The molecule has 5 heteroatoms. The van der Waals surface area contributed by atoms with Gasteiger partial charge < -0.3 is 20.1 Å². The maximum Gasteiger partial charge on any atom is 0.267 e. The Morgan fingerprint density at radius 1 is 1.45 bits per heavy atom. The third-order valence-corrected chi connectivity index (χ3v) is 4.58. The van der Waals surface area contributed by atoms with Crippen molar-refractivity contribution in [3.8, 4) is 5.75 Å². The number of fused-ring (bicyclic) bond motifs is 1. The van der Waals surface area contributed by atoms with Gasteiger partial charge in [0.25, 0.3) is 5.91 Å². The van der Waals surface area contributed by atoms with E-state index in [1.165, 1.54) is 0 Å². The molecule has 1 fully saturated rings. The first-order valence-corrected chi connectivity index (χ1v) is 8.15. The number of nitrogens with one attached hydrogen (secondary N) is 1. The van der Waals surface area contributed by atoms with Crippen LogP contribution < -0.4 is 15.0 Å². The summed E-state index contributed by atoms with van der Waals surface area (Å²) in [5.74, 6) is 0.680. The van der Waals surface area contributed by atoms with E-state index in [0.29, 0.717) is 12.3 Å². The van der Waals surface area contributed by atoms with Crippen LogP contribution in [0.2, 0.25) is 0 Å². The summed E-state index contributed by atoms with van der Waals surface area (Å²) in [6.45, 7) is 5.27. The first-order valence-electron chi connectivity index (χ1n) is 8.15. The van der Waals surface area contributed by atoms with Gasteiger partial charge in [-0.2, -0.15) is 0 Å². The van der Waals surface area contributed by atoms with Crippen LogP contribution in [0.4, 0.5) is 5.69 Å². The first kappa shape index (κ1) is 15.3. The average molecular weight is 304 g/mol. The molecular weight excluding hydrogens is 280 g/mol. The van der Waals surface area contributed by atoms with Gasteiger partial charge in [-0.1, -0.05) is 12.5 Å². The van der Waals surface area contributed by atoms with E-state index in [1.54, 1.807) is 11.8 Å². The topological polar surface area (TPSA) is 61.8 Å². The number of carbonyl (C=O) groups is 1. The van der Waals surface area contributed by atoms with Crippen molar-refractivity contribution in [3.05, 3.63) is 23.8 Å². The van der Waals surface area contributed by atoms with Crippen LogP contribution in [0.1, 0.15) is 44.8 Å². The fourth-order valence-corrected chi connectivity index (χ4v) is 3.31. The molecule has 2 N–H and O–H groups in total. The van der Waals surface area contributed by atoms with Gasteiger partial charge in [0.15, 0.2) is 6.10 Å². The molecule has 0 radical (unpaired) electrons. The monoisotopic (exact) mass is 304 g/mol. The van der Waals surface area contributed by atoms with Crippen LogP contribution in [0.25, 0.3) is 0 Å². The molecule has 3 unspecified atom stereocenters. The number of hydrogen-bond donors (Lipinski definition) is 2. The number of amides is 1. The van der Waals surface area contributed by atoms with Crippen molar-refractivity contribution in [2.45, 2.75) is 51.4 Å². The zero-order valence-electron chi connectivity index (χ0n) is 13.2. The highest BCUT2D eigenvalue weighted by Gasteiger charge is 2.32. The number of likely N-dealkylation sites (N-methyl/N-ethyl adjacent to an activating group) is 1. The Morgan fingerprint density at radius 2 is 2.27 bits per heavy atom. The Kier molecular flexibility index (Phi) is 4.36. The number of aliphatic hydroxyl groups excluding tert-OH is 1. The lowest BCUT2D eigenvalue weighted by Gasteiger charge is -2.34. The number of benzene rings is 1. The van der Waals surface area contributed by atoms with Crippen molar-refractivity contribution in [1.82, 2.24) is 5.32 Å². The molecule has 1 aromatic rings. The molecule has 2 aliphatic heterocycles. The van der Waals surface area contributed by atoms with Crippen LogP contribution in [0.3, 0.4) is 0 Å². The van der Waals surface area contributed by atoms with Crippen LogP contribution in [0, 0.1) is 0 Å². The number of ether oxygens (including phenoxy) is 1. The Hall–Kier alpha value is -1.59. The summed E-state index contributed by atoms with van der Waals surface area (Å²) in [4.78, 5) is 14.0. The predicted octanol–water partition coefficient (Wildman–Crippen LogP) is 2.00. The maximum absolute atomic E-state index is 12.2. The Balaban J connectivity index is 1.89. The van der Waals surface area contributed by atoms with E-state index >= 15 is 0 Å². The lowest BCUT2D eigenvalue weighted by atomic mass is 9.94. The smallest absolute Gasteiger partial charge is 0.267 e. The van der Waals surface area contributed by atoms with E-state index in [0.717, 1.165) is 37.1 Å². The highest BCUT2D eigenvalue weighted by atomic mass is 16.5. The Bertz CT molecular complexity index is 555. The first-order chi connectivity index (χ1) is 10.6. The summed E-state index contributed by atoms with van der Waals surface area (Å²) in [7, 11) is 0. The Labute approximate surface area is 131 Å². The number of hydrogen-bond acceptors (Lipinski definition) is 4. The van der Waals surface area contributed by atoms with Gasteiger partial charge in [-0.15, -0.1) is 0 Å². The van der Waals surface area contributed by atoms with Gasteiger partial charge >= 0.3 is 0 Å². The molecule has 0 spiro atoms. The highest BCUT2D eigenvalue weighted by molar-refractivity contribution is 5.99. The van der Waals surface area contributed by atoms with E-state index in [4.69, 9.17) is 4.74 Å². The van der Waals surface area contributed by atoms with E-state index in [1.807, 2.05) is 25.1 Å². The highest BCUT2D eigenvalue weighted by Crippen LogP contribution is 2.37. The number of nitrogens with zero attached hydrogens (tertiary/aromatic N) is 1. The largest absolute Gasteiger partial charge is 0.479 e. The second-order valence-electron chi connectivity index (χ2n) is 6.07. The standard InChI is InChI=1S/C17H24N2O3/c1-3-19-14-10-12(16(20)13-6-4-5-9-18-13)7-8-15(14)22-11(2)17(19)21/h7-8,10-11,13,16,18,20H,3-6,9H2,1-2H3. The van der Waals surface area contributed by atoms with Gasteiger partial charge in [0.1, 0.15) is 5.75 Å². The summed E-state index contributed by atoms with van der Waals surface area (Å²) < 4.78 is 5.67. The predicted molar refractivity (Wildman–Crippen MR) is 85.2 cm³/mol. The molecule has 3 atom stereocenters. The summed E-state index contributed by atoms with van der Waals surface area (Å²) in [5, 5.41) is 14.0. The molecular formula is C17H24N2O3. The van der Waals surface area contributed by atoms with Crippen molar-refractivity contribution in [3.63, 3.8) is 0 Å². The Morgan fingerprint density at radius 3 is 2.95 bits per heavy atom. The number of rotatable bonds is 3. The molecule has 2 heterocycles. The molecule has 120 valence electrons. The number of aliphatic hydroxyl groups is 1. The molecule has 3 rings (SSSR count). The fraction of sp³-hybridized carbons (Fsp3) is 0.588. The molecule has 1 aromatic carbocycles. The van der Waals surface area contributed by atoms with Crippen molar-refractivity contribution in [2.75, 3.05) is 18.0 Å². The van der Waals surface area contributed by atoms with E-state index < -0.39 is 12.2 Å². The lowest BCUT2D eigenvalue weighted by molar-refractivity contribution is -0.125. The zero-order valence-corrected chi connectivity index (χ0v) is 13.2. The molecule has 0 aromatic heterocycles. The van der Waals surface area contributed by atoms with Gasteiger partial charge in [-0.25, -0.2) is 0 Å². The summed E-state index contributed by atoms with van der Waals surface area (Å²) in [6.07, 6.45) is 2.27. The summed E-state index contributed by atoms with van der Waals surface area (Å²) in [6, 6.07) is 5.74. The maximum atomic E-state index is 12.2. The van der Waals surface area contributed by atoms with Gasteiger partial charge in [0, 0.05) is 12.6 Å². The molecule has 2 aliphatic rings. The minimum absolute atomic E-state index is 0.0302. The van der Waals surface area contributed by atoms with Crippen molar-refractivity contribution in [2.24, 2.45) is 0 Å². The zero-order chi connectivity index (χ0) is 15.7. The molecule has 0 bridgehead atoms. The normalized spacial score (nSPS) is 26.3. The van der Waals surface area contributed by atoms with Crippen LogP contribution >= 0.6 is 0 Å². The van der Waals surface area contributed by atoms with Crippen LogP contribution in [-0.4, -0.2) is 36.2 Å². The molecule has 5 nitrogen and oxygen atoms in total. The second kappa shape index (κ2) is 6.26. The van der Waals surface area contributed by atoms with Gasteiger partial charge in [0.05, 0.1) is 11.8 Å². The van der Waals surface area contributed by atoms with Gasteiger partial charge in [0.2, 0.25) is 0 Å². The van der Waals surface area contributed by atoms with Crippen LogP contribution in [-0.2, 0) is 4.79 Å². The lowest BCUT2D eigenvalue weighted by Crippen LogP contribution is -2.44. The van der Waals surface area contributed by atoms with E-state index in [9.17, 15) is 9.90 Å². The number of anilines is 1. The van der Waals surface area contributed by atoms with Crippen molar-refractivity contribution >= 4 is 11.6 Å². The van der Waals surface area contributed by atoms with Gasteiger partial charge in [-0.05, 0) is 50.9 Å². The fourth-order valence-electron chi connectivity index (χ4n) is 3.31. The van der Waals surface area contributed by atoms with E-state index in [2.05, 4.69) is 5.32 Å². The van der Waals surface area contributed by atoms with Gasteiger partial charge in [-0.3, -0.25) is 4.79 Å². The second-order valence-corrected chi connectivity index (χ2v) is 6.07. The third kappa shape index (κ3) is 2.71. The third-order valence-electron chi connectivity index (χ3n) is 4.58. The summed E-state index contributed by atoms with van der Waals surface area (Å²) in [5.41, 5.74) is 1.60. The molecule has 0 saturated carbocycles. The minimum atomic E-state index is -0.557. The molecule has 1 amide bonds. The quantitative estimate of drug-likeness (QED) is 0.896.